The molecule has 37 heavy (non-hydrogen) atoms. The van der Waals surface area contributed by atoms with Crippen LogP contribution in [0.1, 0.15) is 12.8 Å². The van der Waals surface area contributed by atoms with E-state index in [9.17, 15) is 9.90 Å². The number of rotatable bonds is 6. The minimum atomic E-state index is -0.199. The zero-order chi connectivity index (χ0) is 25.4. The molecule has 8 heteroatoms. The van der Waals surface area contributed by atoms with Gasteiger partial charge in [0, 0.05) is 31.7 Å². The molecule has 0 radical (unpaired) electrons. The Morgan fingerprint density at radius 2 is 1.65 bits per heavy atom. The number of fused-ring (bicyclic) bond motifs is 2. The third-order valence-corrected chi connectivity index (χ3v) is 7.22. The lowest BCUT2D eigenvalue weighted by Crippen LogP contribution is -2.38. The summed E-state index contributed by atoms with van der Waals surface area (Å²) in [5.41, 5.74) is 5.40. The predicted molar refractivity (Wildman–Crippen MR) is 145 cm³/mol. The highest BCUT2D eigenvalue weighted by molar-refractivity contribution is 5.88. The third-order valence-electron chi connectivity index (χ3n) is 7.22. The minimum Gasteiger partial charge on any atom is -0.497 e. The Morgan fingerprint density at radius 3 is 2.41 bits per heavy atom. The van der Waals surface area contributed by atoms with E-state index < -0.39 is 0 Å². The topological polar surface area (TPSA) is 96.3 Å². The van der Waals surface area contributed by atoms with Crippen LogP contribution in [-0.4, -0.2) is 62.4 Å². The maximum absolute atomic E-state index is 13.3. The summed E-state index contributed by atoms with van der Waals surface area (Å²) in [5.74, 6) is 1.60. The summed E-state index contributed by atoms with van der Waals surface area (Å²) in [6, 6.07) is 19.7. The number of hydrogen-bond donors (Lipinski definition) is 2. The Labute approximate surface area is 214 Å². The van der Waals surface area contributed by atoms with Gasteiger partial charge in [-0.1, -0.05) is 12.1 Å². The van der Waals surface area contributed by atoms with Gasteiger partial charge in [-0.15, -0.1) is 0 Å². The minimum absolute atomic E-state index is 0.0340. The second-order valence-electron chi connectivity index (χ2n) is 9.59. The van der Waals surface area contributed by atoms with E-state index in [1.165, 1.54) is 0 Å². The van der Waals surface area contributed by atoms with Crippen molar-refractivity contribution >= 4 is 21.9 Å². The Kier molecular flexibility index (Phi) is 6.20. The van der Waals surface area contributed by atoms with Gasteiger partial charge < -0.3 is 19.7 Å². The first kappa shape index (κ1) is 23.4. The quantitative estimate of drug-likeness (QED) is 0.369. The summed E-state index contributed by atoms with van der Waals surface area (Å²) >= 11 is 0. The molecule has 0 spiro atoms. The van der Waals surface area contributed by atoms with E-state index in [2.05, 4.69) is 20.9 Å². The van der Waals surface area contributed by atoms with Crippen LogP contribution in [0.15, 0.2) is 71.8 Å². The molecule has 0 atom stereocenters. The molecule has 3 heterocycles. The maximum atomic E-state index is 13.3. The summed E-state index contributed by atoms with van der Waals surface area (Å²) in [7, 11) is 1.65. The SMILES string of the molecule is COc1ccc(-c2nc3ccc(-c4ccc5ncn(CCN6CCC(O)CC6)c(=O)c5c4)cc3[nH]2)cc1. The maximum Gasteiger partial charge on any atom is 0.261 e. The van der Waals surface area contributed by atoms with Crippen LogP contribution >= 0.6 is 0 Å². The molecule has 5 aromatic rings. The molecule has 0 saturated carbocycles. The van der Waals surface area contributed by atoms with E-state index in [0.717, 1.165) is 71.8 Å². The number of imidazole rings is 1. The Bertz CT molecular complexity index is 1620. The number of aliphatic hydroxyl groups excluding tert-OH is 1. The van der Waals surface area contributed by atoms with Gasteiger partial charge in [-0.05, 0) is 72.5 Å². The standard InChI is InChI=1S/C29H29N5O3/c1-37-23-6-2-19(3-7-23)28-31-26-9-5-21(17-27(26)32-28)20-4-8-25-24(16-20)29(36)34(18-30-25)15-14-33-12-10-22(35)11-13-33/h2-9,16-18,22,35H,10-15H2,1H3,(H,31,32). The molecule has 8 nitrogen and oxygen atoms in total. The normalized spacial score (nSPS) is 15.0. The van der Waals surface area contributed by atoms with E-state index in [-0.39, 0.29) is 11.7 Å². The lowest BCUT2D eigenvalue weighted by Gasteiger charge is -2.29. The van der Waals surface area contributed by atoms with E-state index >= 15 is 0 Å². The third kappa shape index (κ3) is 4.73. The molecule has 0 aliphatic carbocycles. The summed E-state index contributed by atoms with van der Waals surface area (Å²) in [4.78, 5) is 28.3. The van der Waals surface area contributed by atoms with Crippen LogP contribution in [0.5, 0.6) is 5.75 Å². The highest BCUT2D eigenvalue weighted by Crippen LogP contribution is 2.28. The van der Waals surface area contributed by atoms with Gasteiger partial charge in [0.05, 0.1) is 41.5 Å². The molecule has 1 aliphatic heterocycles. The number of methoxy groups -OCH3 is 1. The summed E-state index contributed by atoms with van der Waals surface area (Å²) in [6.45, 7) is 3.07. The molecule has 0 amide bonds. The molecule has 0 bridgehead atoms. The molecule has 188 valence electrons. The van der Waals surface area contributed by atoms with Crippen LogP contribution in [0.4, 0.5) is 0 Å². The van der Waals surface area contributed by atoms with Gasteiger partial charge in [-0.3, -0.25) is 9.36 Å². The largest absolute Gasteiger partial charge is 0.497 e. The number of hydrogen-bond acceptors (Lipinski definition) is 6. The van der Waals surface area contributed by atoms with Crippen LogP contribution in [-0.2, 0) is 6.54 Å². The Morgan fingerprint density at radius 1 is 0.946 bits per heavy atom. The number of aromatic amines is 1. The van der Waals surface area contributed by atoms with Crippen LogP contribution < -0.4 is 10.3 Å². The highest BCUT2D eigenvalue weighted by atomic mass is 16.5. The van der Waals surface area contributed by atoms with Gasteiger partial charge in [0.25, 0.3) is 5.56 Å². The lowest BCUT2D eigenvalue weighted by molar-refractivity contribution is 0.0808. The van der Waals surface area contributed by atoms with Crippen LogP contribution in [0.3, 0.4) is 0 Å². The highest BCUT2D eigenvalue weighted by Gasteiger charge is 2.17. The fourth-order valence-corrected chi connectivity index (χ4v) is 4.96. The zero-order valence-electron chi connectivity index (χ0n) is 20.7. The fourth-order valence-electron chi connectivity index (χ4n) is 4.96. The van der Waals surface area contributed by atoms with Gasteiger partial charge in [0.1, 0.15) is 11.6 Å². The van der Waals surface area contributed by atoms with Crippen molar-refractivity contribution in [2.24, 2.45) is 0 Å². The van der Waals surface area contributed by atoms with Gasteiger partial charge in [-0.2, -0.15) is 0 Å². The zero-order valence-corrected chi connectivity index (χ0v) is 20.7. The second-order valence-corrected chi connectivity index (χ2v) is 9.59. The number of aliphatic hydroxyl groups is 1. The molecule has 1 saturated heterocycles. The number of likely N-dealkylation sites (tertiary alicyclic amines) is 1. The van der Waals surface area contributed by atoms with Crippen molar-refractivity contribution < 1.29 is 9.84 Å². The van der Waals surface area contributed by atoms with E-state index in [0.29, 0.717) is 17.4 Å². The van der Waals surface area contributed by atoms with Crippen molar-refractivity contribution in [3.8, 4) is 28.3 Å². The summed E-state index contributed by atoms with van der Waals surface area (Å²) in [6.07, 6.45) is 3.02. The van der Waals surface area contributed by atoms with Crippen LogP contribution in [0.25, 0.3) is 44.5 Å². The number of nitrogens with one attached hydrogen (secondary N) is 1. The number of benzene rings is 3. The number of aromatic nitrogens is 4. The van der Waals surface area contributed by atoms with Crippen molar-refractivity contribution in [1.29, 1.82) is 0 Å². The van der Waals surface area contributed by atoms with Crippen molar-refractivity contribution in [3.63, 3.8) is 0 Å². The molecular formula is C29H29N5O3. The number of ether oxygens (including phenoxy) is 1. The molecule has 1 fully saturated rings. The summed E-state index contributed by atoms with van der Waals surface area (Å²) in [5, 5.41) is 10.3. The lowest BCUT2D eigenvalue weighted by atomic mass is 10.0. The van der Waals surface area contributed by atoms with Crippen LogP contribution in [0, 0.1) is 0 Å². The molecule has 3 aromatic carbocycles. The second kappa shape index (κ2) is 9.80. The van der Waals surface area contributed by atoms with Gasteiger partial charge >= 0.3 is 0 Å². The average molecular weight is 496 g/mol. The van der Waals surface area contributed by atoms with Gasteiger partial charge in [0.2, 0.25) is 0 Å². The monoisotopic (exact) mass is 495 g/mol. The predicted octanol–water partition coefficient (Wildman–Crippen LogP) is 4.07. The fraction of sp³-hybridized carbons (Fsp3) is 0.276. The Balaban J connectivity index is 1.27. The first-order valence-corrected chi connectivity index (χ1v) is 12.6. The van der Waals surface area contributed by atoms with E-state index in [1.54, 1.807) is 18.0 Å². The number of piperidine rings is 1. The smallest absolute Gasteiger partial charge is 0.261 e. The average Bonchev–Trinajstić information content (AvgIpc) is 3.37. The summed E-state index contributed by atoms with van der Waals surface area (Å²) < 4.78 is 6.94. The first-order chi connectivity index (χ1) is 18.1. The molecular weight excluding hydrogens is 466 g/mol. The first-order valence-electron chi connectivity index (χ1n) is 12.6. The van der Waals surface area contributed by atoms with Crippen LogP contribution in [0.2, 0.25) is 0 Å². The molecule has 2 aromatic heterocycles. The van der Waals surface area contributed by atoms with Crippen molar-refractivity contribution in [2.75, 3.05) is 26.7 Å². The Hall–Kier alpha value is -4.01. The van der Waals surface area contributed by atoms with Gasteiger partial charge in [0.15, 0.2) is 0 Å². The molecule has 2 N–H and O–H groups in total. The molecule has 0 unspecified atom stereocenters. The molecule has 1 aliphatic rings. The van der Waals surface area contributed by atoms with Crippen molar-refractivity contribution in [2.45, 2.75) is 25.5 Å². The molecule has 6 rings (SSSR count). The van der Waals surface area contributed by atoms with E-state index in [4.69, 9.17) is 9.72 Å². The number of H-pyrrole nitrogens is 1. The van der Waals surface area contributed by atoms with Gasteiger partial charge in [-0.25, -0.2) is 9.97 Å². The van der Waals surface area contributed by atoms with E-state index in [1.807, 2.05) is 54.6 Å². The van der Waals surface area contributed by atoms with Crippen molar-refractivity contribution in [1.82, 2.24) is 24.4 Å². The van der Waals surface area contributed by atoms with Crippen molar-refractivity contribution in [3.05, 3.63) is 77.3 Å². The number of nitrogens with zero attached hydrogens (tertiary/aromatic N) is 4.